The normalized spacial score (nSPS) is 18.5. The van der Waals surface area contributed by atoms with Gasteiger partial charge in [0.15, 0.2) is 0 Å². The van der Waals surface area contributed by atoms with Gasteiger partial charge in [-0.3, -0.25) is 4.79 Å². The van der Waals surface area contributed by atoms with Crippen LogP contribution in [0.15, 0.2) is 48.5 Å². The van der Waals surface area contributed by atoms with Crippen LogP contribution in [0.2, 0.25) is 0 Å². The highest BCUT2D eigenvalue weighted by molar-refractivity contribution is 5.97. The molecule has 0 bridgehead atoms. The zero-order valence-corrected chi connectivity index (χ0v) is 17.8. The number of amides is 1. The SMILES string of the molecule is COc1ccc(-n2nnnc2C(F)(F)F)cc1C(=O)N1CCC(CCO)(c2ccccc2)C1. The highest BCUT2D eigenvalue weighted by Crippen LogP contribution is 2.39. The standard InChI is InChI=1S/C22H22F3N5O3/c1-33-18-8-7-16(30-20(22(23,24)25)26-27-28-30)13-17(18)19(32)29-11-9-21(14-29,10-12-31)15-5-3-2-4-6-15/h2-8,13,31H,9-12,14H2,1H3. The Bertz CT molecular complexity index is 1140. The van der Waals surface area contributed by atoms with E-state index in [1.165, 1.54) is 25.3 Å². The second-order valence-electron chi connectivity index (χ2n) is 7.89. The van der Waals surface area contributed by atoms with Gasteiger partial charge < -0.3 is 14.7 Å². The van der Waals surface area contributed by atoms with Crippen molar-refractivity contribution in [3.8, 4) is 11.4 Å². The highest BCUT2D eigenvalue weighted by atomic mass is 19.4. The molecule has 4 rings (SSSR count). The minimum absolute atomic E-state index is 0.0136. The number of rotatable bonds is 6. The van der Waals surface area contributed by atoms with Gasteiger partial charge in [-0.05, 0) is 47.0 Å². The third kappa shape index (κ3) is 4.28. The van der Waals surface area contributed by atoms with Gasteiger partial charge >= 0.3 is 6.18 Å². The third-order valence-corrected chi connectivity index (χ3v) is 6.00. The molecule has 33 heavy (non-hydrogen) atoms. The Morgan fingerprint density at radius 2 is 1.97 bits per heavy atom. The van der Waals surface area contributed by atoms with Crippen molar-refractivity contribution >= 4 is 5.91 Å². The van der Waals surface area contributed by atoms with Crippen LogP contribution in [-0.4, -0.2) is 62.9 Å². The fourth-order valence-electron chi connectivity index (χ4n) is 4.34. The van der Waals surface area contributed by atoms with Crippen LogP contribution >= 0.6 is 0 Å². The van der Waals surface area contributed by atoms with Crippen molar-refractivity contribution in [3.05, 3.63) is 65.5 Å². The van der Waals surface area contributed by atoms with E-state index in [9.17, 15) is 23.1 Å². The summed E-state index contributed by atoms with van der Waals surface area (Å²) in [6.07, 6.45) is -3.63. The van der Waals surface area contributed by atoms with E-state index in [1.807, 2.05) is 30.3 Å². The van der Waals surface area contributed by atoms with Crippen LogP contribution in [0.25, 0.3) is 5.69 Å². The number of carbonyl (C=O) groups is 1. The Kier molecular flexibility index (Phi) is 6.07. The lowest BCUT2D eigenvalue weighted by Crippen LogP contribution is -2.35. The summed E-state index contributed by atoms with van der Waals surface area (Å²) in [4.78, 5) is 15.1. The van der Waals surface area contributed by atoms with Crippen LogP contribution in [0.1, 0.15) is 34.6 Å². The Hall–Kier alpha value is -3.47. The molecule has 8 nitrogen and oxygen atoms in total. The first-order valence-corrected chi connectivity index (χ1v) is 10.3. The number of benzene rings is 2. The van der Waals surface area contributed by atoms with Gasteiger partial charge in [0.25, 0.3) is 11.7 Å². The Balaban J connectivity index is 1.68. The maximum Gasteiger partial charge on any atom is 0.453 e. The van der Waals surface area contributed by atoms with E-state index in [2.05, 4.69) is 15.5 Å². The Morgan fingerprint density at radius 1 is 1.21 bits per heavy atom. The first kappa shape index (κ1) is 22.7. The van der Waals surface area contributed by atoms with E-state index in [0.29, 0.717) is 30.6 Å². The molecule has 1 N–H and O–H groups in total. The van der Waals surface area contributed by atoms with Crippen molar-refractivity contribution in [3.63, 3.8) is 0 Å². The number of aromatic nitrogens is 4. The van der Waals surface area contributed by atoms with Crippen molar-refractivity contribution in [1.82, 2.24) is 25.1 Å². The molecule has 174 valence electrons. The second-order valence-corrected chi connectivity index (χ2v) is 7.89. The number of likely N-dealkylation sites (tertiary alicyclic amines) is 1. The average Bonchev–Trinajstić information content (AvgIpc) is 3.48. The number of carbonyl (C=O) groups excluding carboxylic acids is 1. The van der Waals surface area contributed by atoms with Crippen LogP contribution in [-0.2, 0) is 11.6 Å². The molecule has 1 aliphatic rings. The average molecular weight is 461 g/mol. The van der Waals surface area contributed by atoms with E-state index in [0.717, 1.165) is 5.56 Å². The monoisotopic (exact) mass is 461 g/mol. The van der Waals surface area contributed by atoms with E-state index in [1.54, 1.807) is 4.90 Å². The van der Waals surface area contributed by atoms with Crippen molar-refractivity contribution < 1.29 is 27.8 Å². The van der Waals surface area contributed by atoms with Gasteiger partial charge in [-0.25, -0.2) is 0 Å². The van der Waals surface area contributed by atoms with Crippen LogP contribution < -0.4 is 4.74 Å². The number of nitrogens with zero attached hydrogens (tertiary/aromatic N) is 5. The number of hydrogen-bond acceptors (Lipinski definition) is 6. The molecule has 1 saturated heterocycles. The molecule has 1 amide bonds. The number of halogens is 3. The van der Waals surface area contributed by atoms with Crippen LogP contribution in [0.3, 0.4) is 0 Å². The molecule has 3 aromatic rings. The molecule has 0 aliphatic carbocycles. The van der Waals surface area contributed by atoms with Crippen molar-refractivity contribution in [1.29, 1.82) is 0 Å². The molecule has 1 unspecified atom stereocenters. The van der Waals surface area contributed by atoms with Gasteiger partial charge in [-0.15, -0.1) is 5.10 Å². The van der Waals surface area contributed by atoms with E-state index in [-0.39, 0.29) is 29.5 Å². The molecular weight excluding hydrogens is 439 g/mol. The number of hydrogen-bond donors (Lipinski definition) is 1. The predicted molar refractivity (Wildman–Crippen MR) is 111 cm³/mol. The summed E-state index contributed by atoms with van der Waals surface area (Å²) in [6, 6.07) is 13.7. The van der Waals surface area contributed by atoms with Gasteiger partial charge in [0, 0.05) is 25.1 Å². The minimum Gasteiger partial charge on any atom is -0.496 e. The molecule has 0 spiro atoms. The summed E-state index contributed by atoms with van der Waals surface area (Å²) in [7, 11) is 1.38. The molecule has 0 saturated carbocycles. The summed E-state index contributed by atoms with van der Waals surface area (Å²) in [5, 5.41) is 19.3. The number of aliphatic hydroxyl groups excluding tert-OH is 1. The molecule has 0 radical (unpaired) electrons. The van der Waals surface area contributed by atoms with Crippen molar-refractivity contribution in [2.45, 2.75) is 24.4 Å². The Labute approximate surface area is 187 Å². The van der Waals surface area contributed by atoms with Gasteiger partial charge in [-0.1, -0.05) is 30.3 Å². The third-order valence-electron chi connectivity index (χ3n) is 6.00. The second kappa shape index (κ2) is 8.81. The topological polar surface area (TPSA) is 93.4 Å². The number of tetrazole rings is 1. The lowest BCUT2D eigenvalue weighted by atomic mass is 9.77. The summed E-state index contributed by atoms with van der Waals surface area (Å²) < 4.78 is 45.6. The molecule has 1 aromatic heterocycles. The van der Waals surface area contributed by atoms with Gasteiger partial charge in [0.05, 0.1) is 18.4 Å². The Morgan fingerprint density at radius 3 is 2.64 bits per heavy atom. The maximum atomic E-state index is 13.5. The highest BCUT2D eigenvalue weighted by Gasteiger charge is 2.42. The van der Waals surface area contributed by atoms with E-state index >= 15 is 0 Å². The van der Waals surface area contributed by atoms with Crippen LogP contribution in [0.5, 0.6) is 5.75 Å². The summed E-state index contributed by atoms with van der Waals surface area (Å²) in [5.41, 5.74) is 0.709. The summed E-state index contributed by atoms with van der Waals surface area (Å²) >= 11 is 0. The largest absolute Gasteiger partial charge is 0.496 e. The van der Waals surface area contributed by atoms with E-state index < -0.39 is 17.4 Å². The summed E-state index contributed by atoms with van der Waals surface area (Å²) in [5.74, 6) is -1.45. The number of methoxy groups -OCH3 is 1. The van der Waals surface area contributed by atoms with Crippen LogP contribution in [0, 0.1) is 0 Å². The number of aliphatic hydroxyl groups is 1. The number of alkyl halides is 3. The quantitative estimate of drug-likeness (QED) is 0.607. The first-order chi connectivity index (χ1) is 15.8. The van der Waals surface area contributed by atoms with Gasteiger partial charge in [0.1, 0.15) is 5.75 Å². The predicted octanol–water partition coefficient (Wildman–Crippen LogP) is 2.86. The van der Waals surface area contributed by atoms with Gasteiger partial charge in [0.2, 0.25) is 0 Å². The van der Waals surface area contributed by atoms with E-state index in [4.69, 9.17) is 4.74 Å². The summed E-state index contributed by atoms with van der Waals surface area (Å²) in [6.45, 7) is 0.761. The molecule has 1 aliphatic heterocycles. The fraction of sp³-hybridized carbons (Fsp3) is 0.364. The maximum absolute atomic E-state index is 13.5. The molecule has 1 atom stereocenters. The van der Waals surface area contributed by atoms with Crippen molar-refractivity contribution in [2.75, 3.05) is 26.8 Å². The number of ether oxygens (including phenoxy) is 1. The zero-order valence-electron chi connectivity index (χ0n) is 17.8. The zero-order chi connectivity index (χ0) is 23.6. The molecule has 11 heteroatoms. The lowest BCUT2D eigenvalue weighted by Gasteiger charge is -2.29. The first-order valence-electron chi connectivity index (χ1n) is 10.3. The van der Waals surface area contributed by atoms with Crippen LogP contribution in [0.4, 0.5) is 13.2 Å². The molecule has 2 aromatic carbocycles. The fourth-order valence-corrected chi connectivity index (χ4v) is 4.34. The molecule has 1 fully saturated rings. The molecular formula is C22H22F3N5O3. The van der Waals surface area contributed by atoms with Crippen molar-refractivity contribution in [2.24, 2.45) is 0 Å². The lowest BCUT2D eigenvalue weighted by molar-refractivity contribution is -0.146. The van der Waals surface area contributed by atoms with Gasteiger partial charge in [-0.2, -0.15) is 17.9 Å². The minimum atomic E-state index is -4.76. The molecule has 2 heterocycles. The smallest absolute Gasteiger partial charge is 0.453 e.